The summed E-state index contributed by atoms with van der Waals surface area (Å²) in [6, 6.07) is 0. The van der Waals surface area contributed by atoms with Crippen LogP contribution in [0.2, 0.25) is 0 Å². The highest BCUT2D eigenvalue weighted by molar-refractivity contribution is 4.98. The van der Waals surface area contributed by atoms with E-state index in [1.165, 1.54) is 0 Å². The Morgan fingerprint density at radius 1 is 0.304 bits per heavy atom. The molecule has 25 unspecified atom stereocenters. The molecule has 0 bridgehead atoms. The van der Waals surface area contributed by atoms with Gasteiger partial charge < -0.3 is 129 Å². The third kappa shape index (κ3) is 9.31. The Hall–Kier alpha value is -1.04. The Morgan fingerprint density at radius 3 is 1.20 bits per heavy atom. The first kappa shape index (κ1) is 46.0. The van der Waals surface area contributed by atoms with Gasteiger partial charge in [-0.1, -0.05) is 0 Å². The molecule has 0 aromatic heterocycles. The molecule has 0 amide bonds. The van der Waals surface area contributed by atoms with Gasteiger partial charge in [0.1, 0.15) is 122 Å². The summed E-state index contributed by atoms with van der Waals surface area (Å²) in [7, 11) is 0. The molecule has 17 N–H and O–H groups in total. The van der Waals surface area contributed by atoms with Crippen LogP contribution < -0.4 is 0 Å². The van der Waals surface area contributed by atoms with Gasteiger partial charge in [-0.05, 0) is 0 Å². The van der Waals surface area contributed by atoms with E-state index < -0.39 is 187 Å². The topological polar surface area (TPSA) is 427 Å². The number of rotatable bonds is 13. The smallest absolute Gasteiger partial charge is 0.187 e. The third-order valence-corrected chi connectivity index (χ3v) is 10.3. The number of aliphatic hydroxyl groups excluding tert-OH is 17. The molecule has 0 saturated carbocycles. The maximum atomic E-state index is 11.1. The van der Waals surface area contributed by atoms with Gasteiger partial charge in [-0.3, -0.25) is 0 Å². The van der Waals surface area contributed by atoms with Crippen molar-refractivity contribution in [1.82, 2.24) is 0 Å². The van der Waals surface area contributed by atoms with Crippen LogP contribution in [0.25, 0.3) is 0 Å². The van der Waals surface area contributed by atoms with Crippen molar-refractivity contribution in [3.63, 3.8) is 0 Å². The fraction of sp³-hybridized carbons (Fsp3) is 1.00. The van der Waals surface area contributed by atoms with E-state index in [4.69, 9.17) is 42.6 Å². The number of hydrogen-bond acceptors (Lipinski definition) is 26. The number of hydrogen-bond donors (Lipinski definition) is 17. The zero-order valence-corrected chi connectivity index (χ0v) is 29.2. The zero-order valence-electron chi connectivity index (χ0n) is 29.2. The molecule has 0 spiro atoms. The van der Waals surface area contributed by atoms with Crippen LogP contribution in [0.15, 0.2) is 0 Å². The van der Waals surface area contributed by atoms with Gasteiger partial charge in [-0.25, -0.2) is 0 Å². The van der Waals surface area contributed by atoms with Crippen LogP contribution in [0.3, 0.4) is 0 Å². The molecule has 0 radical (unpaired) electrons. The van der Waals surface area contributed by atoms with Crippen molar-refractivity contribution in [3.05, 3.63) is 0 Å². The SMILES string of the molecule is OCC1OC(OC2C(O)C(CO)OC(OC3C(CO)OC(OC4C(CO)OC(OCC5OC(O)C(O)C(O)C5O)C(O)C4O)C(O)C3O)C2O)C(O)C(O)C1O. The minimum atomic E-state index is -2.11. The second-order valence-electron chi connectivity index (χ2n) is 14.0. The van der Waals surface area contributed by atoms with Gasteiger partial charge >= 0.3 is 0 Å². The zero-order chi connectivity index (χ0) is 41.3. The van der Waals surface area contributed by atoms with Gasteiger partial charge in [0.05, 0.1) is 33.0 Å². The molecular weight excluding hydrogens is 776 g/mol. The molecule has 5 heterocycles. The van der Waals surface area contributed by atoms with E-state index in [9.17, 15) is 86.8 Å². The molecule has 5 aliphatic heterocycles. The highest BCUT2D eigenvalue weighted by atomic mass is 16.8. The molecule has 328 valence electrons. The van der Waals surface area contributed by atoms with Gasteiger partial charge in [0.15, 0.2) is 31.5 Å². The van der Waals surface area contributed by atoms with E-state index in [1.54, 1.807) is 0 Å². The van der Waals surface area contributed by atoms with Crippen molar-refractivity contribution >= 4 is 0 Å². The van der Waals surface area contributed by atoms with Crippen molar-refractivity contribution in [3.8, 4) is 0 Å². The second-order valence-corrected chi connectivity index (χ2v) is 14.0. The Kier molecular flexibility index (Phi) is 16.1. The van der Waals surface area contributed by atoms with Crippen LogP contribution in [-0.2, 0) is 42.6 Å². The van der Waals surface area contributed by atoms with Crippen LogP contribution in [0.4, 0.5) is 0 Å². The first-order valence-corrected chi connectivity index (χ1v) is 17.6. The molecule has 0 aromatic rings. The van der Waals surface area contributed by atoms with Gasteiger partial charge in [-0.2, -0.15) is 0 Å². The maximum absolute atomic E-state index is 11.1. The fourth-order valence-corrected chi connectivity index (χ4v) is 6.92. The van der Waals surface area contributed by atoms with Gasteiger partial charge in [0.2, 0.25) is 0 Å². The Morgan fingerprint density at radius 2 is 0.679 bits per heavy atom. The van der Waals surface area contributed by atoms with Crippen molar-refractivity contribution in [1.29, 1.82) is 0 Å². The molecular formula is C30H52O26. The van der Waals surface area contributed by atoms with E-state index in [1.807, 2.05) is 0 Å². The van der Waals surface area contributed by atoms with Crippen molar-refractivity contribution in [2.24, 2.45) is 0 Å². The van der Waals surface area contributed by atoms with Crippen molar-refractivity contribution in [2.75, 3.05) is 33.0 Å². The van der Waals surface area contributed by atoms with Crippen LogP contribution in [0.5, 0.6) is 0 Å². The first-order chi connectivity index (χ1) is 26.5. The maximum Gasteiger partial charge on any atom is 0.187 e. The molecule has 5 aliphatic rings. The summed E-state index contributed by atoms with van der Waals surface area (Å²) >= 11 is 0. The molecule has 5 fully saturated rings. The summed E-state index contributed by atoms with van der Waals surface area (Å²) in [4.78, 5) is 0. The van der Waals surface area contributed by atoms with Crippen LogP contribution >= 0.6 is 0 Å². The Bertz CT molecular complexity index is 1200. The lowest BCUT2D eigenvalue weighted by Crippen LogP contribution is -2.67. The minimum Gasteiger partial charge on any atom is -0.394 e. The highest BCUT2D eigenvalue weighted by Crippen LogP contribution is 2.35. The summed E-state index contributed by atoms with van der Waals surface area (Å²) in [6.45, 7) is -4.32. The highest BCUT2D eigenvalue weighted by Gasteiger charge is 2.55. The molecule has 56 heavy (non-hydrogen) atoms. The summed E-state index contributed by atoms with van der Waals surface area (Å²) in [5.74, 6) is 0. The van der Waals surface area contributed by atoms with E-state index in [0.717, 1.165) is 0 Å². The monoisotopic (exact) mass is 828 g/mol. The number of ether oxygens (including phenoxy) is 9. The predicted molar refractivity (Wildman–Crippen MR) is 167 cm³/mol. The van der Waals surface area contributed by atoms with Crippen LogP contribution in [-0.4, -0.2) is 273 Å². The largest absolute Gasteiger partial charge is 0.394 e. The average Bonchev–Trinajstić information content (AvgIpc) is 3.19. The van der Waals surface area contributed by atoms with E-state index in [2.05, 4.69) is 0 Å². The Labute approximate surface area is 316 Å². The van der Waals surface area contributed by atoms with E-state index >= 15 is 0 Å². The summed E-state index contributed by atoms with van der Waals surface area (Å²) < 4.78 is 48.9. The van der Waals surface area contributed by atoms with Crippen molar-refractivity contribution < 1.29 is 129 Å². The van der Waals surface area contributed by atoms with E-state index in [0.29, 0.717) is 0 Å². The quantitative estimate of drug-likeness (QED) is 0.0819. The molecule has 5 rings (SSSR count). The summed E-state index contributed by atoms with van der Waals surface area (Å²) in [5.41, 5.74) is 0. The van der Waals surface area contributed by atoms with Crippen molar-refractivity contribution in [2.45, 2.75) is 154 Å². The van der Waals surface area contributed by atoms with E-state index in [-0.39, 0.29) is 0 Å². The Balaban J connectivity index is 1.23. The predicted octanol–water partition coefficient (Wildman–Crippen LogP) is -11.9. The fourth-order valence-electron chi connectivity index (χ4n) is 6.92. The lowest BCUT2D eigenvalue weighted by Gasteiger charge is -2.49. The lowest BCUT2D eigenvalue weighted by atomic mass is 9.95. The normalized spacial score (nSPS) is 53.2. The summed E-state index contributed by atoms with van der Waals surface area (Å²) in [6.07, 6.45) is -45.6. The van der Waals surface area contributed by atoms with Crippen LogP contribution in [0, 0.1) is 0 Å². The van der Waals surface area contributed by atoms with Gasteiger partial charge in [-0.15, -0.1) is 0 Å². The molecule has 0 aromatic carbocycles. The molecule has 5 saturated heterocycles. The summed E-state index contributed by atoms with van der Waals surface area (Å²) in [5, 5.41) is 175. The molecule has 26 heteroatoms. The lowest BCUT2D eigenvalue weighted by molar-refractivity contribution is -0.390. The standard InChI is InChI=1S/C30H52O26/c31-1-6-11(35)15(39)19(43)28(50-6)56-25-13(37)7(2-32)51-30(22(25)46)55-24-9(4-34)53-29(21(45)17(24)41)54-23-8(3-33)52-27(20(44)16(23)40)48-5-10-12(36)14(38)18(42)26(47)49-10/h6-47H,1-5H2. The second kappa shape index (κ2) is 19.6. The first-order valence-electron chi connectivity index (χ1n) is 17.6. The van der Waals surface area contributed by atoms with Crippen LogP contribution in [0.1, 0.15) is 0 Å². The average molecular weight is 829 g/mol. The molecule has 26 nitrogen and oxygen atoms in total. The molecule has 25 atom stereocenters. The third-order valence-electron chi connectivity index (χ3n) is 10.3. The minimum absolute atomic E-state index is 0.672. The number of aliphatic hydroxyl groups is 17. The van der Waals surface area contributed by atoms with Gasteiger partial charge in [0, 0.05) is 0 Å². The molecule has 0 aliphatic carbocycles. The van der Waals surface area contributed by atoms with Gasteiger partial charge in [0.25, 0.3) is 0 Å².